The second-order valence-electron chi connectivity index (χ2n) is 5.18. The van der Waals surface area contributed by atoms with E-state index >= 15 is 0 Å². The normalized spacial score (nSPS) is 11.2. The van der Waals surface area contributed by atoms with E-state index in [-0.39, 0.29) is 5.92 Å². The Bertz CT molecular complexity index is 670. The van der Waals surface area contributed by atoms with E-state index in [1.54, 1.807) is 12.1 Å². The SMILES string of the molecule is CN(C)c1ccc(C(C#N)Cc2ccc(C#N)cc2)cc1. The van der Waals surface area contributed by atoms with Crippen LogP contribution in [-0.2, 0) is 6.42 Å². The number of benzene rings is 2. The molecule has 0 aliphatic rings. The molecular formula is C18H17N3. The van der Waals surface area contributed by atoms with Gasteiger partial charge in [-0.2, -0.15) is 10.5 Å². The van der Waals surface area contributed by atoms with E-state index in [0.29, 0.717) is 12.0 Å². The van der Waals surface area contributed by atoms with Gasteiger partial charge < -0.3 is 4.90 Å². The van der Waals surface area contributed by atoms with Gasteiger partial charge in [-0.3, -0.25) is 0 Å². The van der Waals surface area contributed by atoms with Crippen molar-refractivity contribution in [1.82, 2.24) is 0 Å². The molecule has 3 heteroatoms. The van der Waals surface area contributed by atoms with Crippen LogP contribution in [0.15, 0.2) is 48.5 Å². The van der Waals surface area contributed by atoms with E-state index in [9.17, 15) is 5.26 Å². The summed E-state index contributed by atoms with van der Waals surface area (Å²) >= 11 is 0. The van der Waals surface area contributed by atoms with Gasteiger partial charge in [0.1, 0.15) is 0 Å². The van der Waals surface area contributed by atoms with Crippen LogP contribution in [0.5, 0.6) is 0 Å². The Morgan fingerprint density at radius 1 is 0.952 bits per heavy atom. The zero-order chi connectivity index (χ0) is 15.2. The van der Waals surface area contributed by atoms with Gasteiger partial charge in [-0.25, -0.2) is 0 Å². The largest absolute Gasteiger partial charge is 0.378 e. The van der Waals surface area contributed by atoms with Crippen molar-refractivity contribution in [2.24, 2.45) is 0 Å². The Balaban J connectivity index is 2.16. The minimum absolute atomic E-state index is 0.172. The fourth-order valence-corrected chi connectivity index (χ4v) is 2.19. The van der Waals surface area contributed by atoms with Gasteiger partial charge in [0.05, 0.1) is 23.6 Å². The highest BCUT2D eigenvalue weighted by atomic mass is 15.1. The number of anilines is 1. The number of hydrogen-bond acceptors (Lipinski definition) is 3. The van der Waals surface area contributed by atoms with Gasteiger partial charge in [-0.05, 0) is 41.8 Å². The van der Waals surface area contributed by atoms with Crippen LogP contribution in [0.2, 0.25) is 0 Å². The van der Waals surface area contributed by atoms with Gasteiger partial charge >= 0.3 is 0 Å². The lowest BCUT2D eigenvalue weighted by molar-refractivity contribution is 0.848. The van der Waals surface area contributed by atoms with Crippen molar-refractivity contribution in [3.8, 4) is 12.1 Å². The Hall–Kier alpha value is -2.78. The monoisotopic (exact) mass is 275 g/mol. The molecule has 0 aromatic heterocycles. The molecule has 0 fully saturated rings. The summed E-state index contributed by atoms with van der Waals surface area (Å²) in [5.41, 5.74) is 3.85. The fourth-order valence-electron chi connectivity index (χ4n) is 2.19. The molecule has 0 saturated carbocycles. The topological polar surface area (TPSA) is 50.8 Å². The smallest absolute Gasteiger partial charge is 0.0991 e. The maximum Gasteiger partial charge on any atom is 0.0991 e. The van der Waals surface area contributed by atoms with Crippen LogP contribution in [0.4, 0.5) is 5.69 Å². The standard InChI is InChI=1S/C18H17N3/c1-21(2)18-9-7-16(8-10-18)17(13-20)11-14-3-5-15(12-19)6-4-14/h3-10,17H,11H2,1-2H3. The van der Waals surface area contributed by atoms with Gasteiger partial charge in [0.25, 0.3) is 0 Å². The maximum atomic E-state index is 9.41. The molecule has 3 nitrogen and oxygen atoms in total. The lowest BCUT2D eigenvalue weighted by Crippen LogP contribution is -2.08. The maximum absolute atomic E-state index is 9.41. The molecule has 1 atom stereocenters. The summed E-state index contributed by atoms with van der Waals surface area (Å²) in [5.74, 6) is -0.172. The van der Waals surface area contributed by atoms with Crippen molar-refractivity contribution in [1.29, 1.82) is 10.5 Å². The summed E-state index contributed by atoms with van der Waals surface area (Å²) in [6.07, 6.45) is 0.656. The third-order valence-corrected chi connectivity index (χ3v) is 3.49. The van der Waals surface area contributed by atoms with Crippen molar-refractivity contribution in [3.05, 3.63) is 65.2 Å². The zero-order valence-electron chi connectivity index (χ0n) is 12.2. The van der Waals surface area contributed by atoms with Gasteiger partial charge in [0.2, 0.25) is 0 Å². The van der Waals surface area contributed by atoms with Crippen molar-refractivity contribution >= 4 is 5.69 Å². The molecule has 0 aliphatic carbocycles. The molecule has 0 heterocycles. The summed E-state index contributed by atoms with van der Waals surface area (Å²) in [7, 11) is 3.99. The van der Waals surface area contributed by atoms with E-state index < -0.39 is 0 Å². The Morgan fingerprint density at radius 2 is 1.57 bits per heavy atom. The molecule has 0 radical (unpaired) electrons. The van der Waals surface area contributed by atoms with Gasteiger partial charge in [0, 0.05) is 19.8 Å². The highest BCUT2D eigenvalue weighted by Crippen LogP contribution is 2.23. The second-order valence-corrected chi connectivity index (χ2v) is 5.18. The molecule has 1 unspecified atom stereocenters. The van der Waals surface area contributed by atoms with E-state index in [1.165, 1.54) is 0 Å². The molecule has 0 aliphatic heterocycles. The number of rotatable bonds is 4. The van der Waals surface area contributed by atoms with Crippen molar-refractivity contribution in [2.45, 2.75) is 12.3 Å². The first-order chi connectivity index (χ1) is 10.1. The van der Waals surface area contributed by atoms with Crippen molar-refractivity contribution in [3.63, 3.8) is 0 Å². The number of nitriles is 2. The average molecular weight is 275 g/mol. The van der Waals surface area contributed by atoms with E-state index in [2.05, 4.69) is 12.1 Å². The molecule has 0 bridgehead atoms. The molecule has 21 heavy (non-hydrogen) atoms. The first kappa shape index (κ1) is 14.6. The van der Waals surface area contributed by atoms with Crippen LogP contribution in [0.25, 0.3) is 0 Å². The fraction of sp³-hybridized carbons (Fsp3) is 0.222. The van der Waals surface area contributed by atoms with Gasteiger partial charge in [-0.15, -0.1) is 0 Å². The van der Waals surface area contributed by atoms with Crippen LogP contribution < -0.4 is 4.90 Å². The molecule has 0 spiro atoms. The zero-order valence-corrected chi connectivity index (χ0v) is 12.2. The summed E-state index contributed by atoms with van der Waals surface area (Å²) in [6, 6.07) is 19.9. The summed E-state index contributed by atoms with van der Waals surface area (Å²) < 4.78 is 0. The van der Waals surface area contributed by atoms with Crippen LogP contribution in [-0.4, -0.2) is 14.1 Å². The molecule has 2 aromatic carbocycles. The van der Waals surface area contributed by atoms with Gasteiger partial charge in [-0.1, -0.05) is 24.3 Å². The van der Waals surface area contributed by atoms with E-state index in [1.807, 2.05) is 55.4 Å². The van der Waals surface area contributed by atoms with Crippen LogP contribution >= 0.6 is 0 Å². The van der Waals surface area contributed by atoms with Crippen LogP contribution in [0.3, 0.4) is 0 Å². The second kappa shape index (κ2) is 6.59. The van der Waals surface area contributed by atoms with Crippen molar-refractivity contribution in [2.75, 3.05) is 19.0 Å². The third-order valence-electron chi connectivity index (χ3n) is 3.49. The Labute approximate surface area is 125 Å². The lowest BCUT2D eigenvalue weighted by Gasteiger charge is -2.14. The van der Waals surface area contributed by atoms with Crippen LogP contribution in [0, 0.1) is 22.7 Å². The summed E-state index contributed by atoms with van der Waals surface area (Å²) in [6.45, 7) is 0. The van der Waals surface area contributed by atoms with Crippen molar-refractivity contribution < 1.29 is 0 Å². The Kier molecular flexibility index (Phi) is 4.59. The number of nitrogens with zero attached hydrogens (tertiary/aromatic N) is 3. The van der Waals surface area contributed by atoms with Crippen LogP contribution in [0.1, 0.15) is 22.6 Å². The summed E-state index contributed by atoms with van der Waals surface area (Å²) in [4.78, 5) is 2.03. The molecule has 0 amide bonds. The minimum atomic E-state index is -0.172. The highest BCUT2D eigenvalue weighted by molar-refractivity contribution is 5.47. The third kappa shape index (κ3) is 3.61. The molecule has 2 rings (SSSR count). The van der Waals surface area contributed by atoms with E-state index in [4.69, 9.17) is 5.26 Å². The predicted molar refractivity (Wildman–Crippen MR) is 84.0 cm³/mol. The first-order valence-corrected chi connectivity index (χ1v) is 6.80. The molecule has 0 N–H and O–H groups in total. The molecule has 2 aromatic rings. The van der Waals surface area contributed by atoms with E-state index in [0.717, 1.165) is 16.8 Å². The predicted octanol–water partition coefficient (Wildman–Crippen LogP) is 3.47. The minimum Gasteiger partial charge on any atom is -0.378 e. The Morgan fingerprint density at radius 3 is 2.05 bits per heavy atom. The average Bonchev–Trinajstić information content (AvgIpc) is 2.53. The summed E-state index contributed by atoms with van der Waals surface area (Å²) in [5, 5.41) is 18.2. The molecule has 104 valence electrons. The lowest BCUT2D eigenvalue weighted by atomic mass is 9.93. The quantitative estimate of drug-likeness (QED) is 0.858. The highest BCUT2D eigenvalue weighted by Gasteiger charge is 2.11. The molecular weight excluding hydrogens is 258 g/mol. The van der Waals surface area contributed by atoms with Gasteiger partial charge in [0.15, 0.2) is 0 Å². The molecule has 0 saturated heterocycles. The first-order valence-electron chi connectivity index (χ1n) is 6.80. The number of hydrogen-bond donors (Lipinski definition) is 0.